The van der Waals surface area contributed by atoms with E-state index in [1.54, 1.807) is 6.26 Å². The number of carboxylic acid groups (broad SMARTS) is 1. The van der Waals surface area contributed by atoms with E-state index in [2.05, 4.69) is 16.0 Å². The molecule has 0 heterocycles. The fourth-order valence-electron chi connectivity index (χ4n) is 2.78. The fourth-order valence-corrected chi connectivity index (χ4v) is 3.25. The number of nitrogens with two attached hydrogens (primary N) is 4. The van der Waals surface area contributed by atoms with Crippen LogP contribution in [0.2, 0.25) is 0 Å². The summed E-state index contributed by atoms with van der Waals surface area (Å²) in [7, 11) is 0. The zero-order valence-electron chi connectivity index (χ0n) is 19.1. The van der Waals surface area contributed by atoms with E-state index >= 15 is 0 Å². The highest BCUT2D eigenvalue weighted by molar-refractivity contribution is 7.98. The van der Waals surface area contributed by atoms with Crippen molar-refractivity contribution in [1.29, 1.82) is 0 Å². The second-order valence-corrected chi connectivity index (χ2v) is 8.52. The van der Waals surface area contributed by atoms with Crippen LogP contribution in [0.1, 0.15) is 38.5 Å². The number of nitrogens with one attached hydrogen (secondary N) is 3. The van der Waals surface area contributed by atoms with Crippen LogP contribution in [0.25, 0.3) is 0 Å². The molecule has 0 aromatic rings. The predicted octanol–water partition coefficient (Wildman–Crippen LogP) is -3.51. The second-order valence-electron chi connectivity index (χ2n) is 7.54. The van der Waals surface area contributed by atoms with Gasteiger partial charge in [0, 0.05) is 0 Å². The predicted molar refractivity (Wildman–Crippen MR) is 125 cm³/mol. The number of carboxylic acids is 1. The molecular weight excluding hydrogens is 470 g/mol. The maximum atomic E-state index is 12.7. The Morgan fingerprint density at radius 3 is 1.68 bits per heavy atom. The maximum Gasteiger partial charge on any atom is 0.326 e. The van der Waals surface area contributed by atoms with E-state index in [-0.39, 0.29) is 12.8 Å². The van der Waals surface area contributed by atoms with Gasteiger partial charge in [0.15, 0.2) is 0 Å². The molecule has 14 nitrogen and oxygen atoms in total. The minimum atomic E-state index is -1.55. The largest absolute Gasteiger partial charge is 0.480 e. The van der Waals surface area contributed by atoms with Crippen molar-refractivity contribution in [2.75, 3.05) is 18.6 Å². The van der Waals surface area contributed by atoms with Gasteiger partial charge in [0.25, 0.3) is 0 Å². The SMILES string of the molecule is CSCCC(NC(=O)C(CC(N)=O)NC(=O)C(CC(N)=O)NC(=O)C(N)CCCCN)C(=O)O. The third-order valence-electron chi connectivity index (χ3n) is 4.61. The van der Waals surface area contributed by atoms with Crippen molar-refractivity contribution in [3.8, 4) is 0 Å². The molecule has 0 rings (SSSR count). The molecule has 0 bridgehead atoms. The first-order valence-corrected chi connectivity index (χ1v) is 12.0. The van der Waals surface area contributed by atoms with Gasteiger partial charge < -0.3 is 44.0 Å². The summed E-state index contributed by atoms with van der Waals surface area (Å²) in [4.78, 5) is 71.9. The number of unbranched alkanes of at least 4 members (excludes halogenated alkanes) is 1. The quantitative estimate of drug-likeness (QED) is 0.0851. The van der Waals surface area contributed by atoms with Gasteiger partial charge in [-0.05, 0) is 37.8 Å². The van der Waals surface area contributed by atoms with Crippen molar-refractivity contribution in [3.63, 3.8) is 0 Å². The highest BCUT2D eigenvalue weighted by Gasteiger charge is 2.31. The van der Waals surface area contributed by atoms with E-state index < -0.39 is 72.5 Å². The number of hydrogen-bond acceptors (Lipinski definition) is 9. The van der Waals surface area contributed by atoms with Crippen LogP contribution in [0.15, 0.2) is 0 Å². The molecule has 12 N–H and O–H groups in total. The molecule has 0 aliphatic heterocycles. The van der Waals surface area contributed by atoms with E-state index in [9.17, 15) is 33.9 Å². The first kappa shape index (κ1) is 31.1. The van der Waals surface area contributed by atoms with Gasteiger partial charge in [-0.2, -0.15) is 11.8 Å². The van der Waals surface area contributed by atoms with Crippen LogP contribution in [0.5, 0.6) is 0 Å². The molecule has 0 saturated carbocycles. The molecule has 194 valence electrons. The Hall–Kier alpha value is -2.91. The Morgan fingerprint density at radius 2 is 1.26 bits per heavy atom. The molecule has 0 saturated heterocycles. The summed E-state index contributed by atoms with van der Waals surface area (Å²) < 4.78 is 0. The van der Waals surface area contributed by atoms with Crippen molar-refractivity contribution in [3.05, 3.63) is 0 Å². The molecule has 0 spiro atoms. The average Bonchev–Trinajstić information content (AvgIpc) is 2.74. The second kappa shape index (κ2) is 16.7. The molecule has 0 aliphatic rings. The van der Waals surface area contributed by atoms with Crippen molar-refractivity contribution < 1.29 is 33.9 Å². The minimum absolute atomic E-state index is 0.0991. The number of carbonyl (C=O) groups excluding carboxylic acids is 5. The Bertz CT molecular complexity index is 738. The number of carbonyl (C=O) groups is 6. The van der Waals surface area contributed by atoms with E-state index in [0.29, 0.717) is 25.1 Å². The third kappa shape index (κ3) is 13.0. The van der Waals surface area contributed by atoms with Gasteiger partial charge in [0.1, 0.15) is 18.1 Å². The first-order valence-electron chi connectivity index (χ1n) is 10.6. The van der Waals surface area contributed by atoms with E-state index in [0.717, 1.165) is 0 Å². The van der Waals surface area contributed by atoms with Crippen LogP contribution in [0.3, 0.4) is 0 Å². The molecule has 0 fully saturated rings. The zero-order chi connectivity index (χ0) is 26.3. The minimum Gasteiger partial charge on any atom is -0.480 e. The number of hydrogen-bond donors (Lipinski definition) is 8. The van der Waals surface area contributed by atoms with Gasteiger partial charge in [-0.25, -0.2) is 4.79 Å². The molecule has 4 atom stereocenters. The zero-order valence-corrected chi connectivity index (χ0v) is 19.9. The summed E-state index contributed by atoms with van der Waals surface area (Å²) in [5.41, 5.74) is 21.5. The van der Waals surface area contributed by atoms with Crippen molar-refractivity contribution >= 4 is 47.3 Å². The molecule has 0 radical (unpaired) electrons. The van der Waals surface area contributed by atoms with Crippen molar-refractivity contribution in [2.24, 2.45) is 22.9 Å². The molecule has 4 unspecified atom stereocenters. The van der Waals surface area contributed by atoms with Crippen LogP contribution in [-0.4, -0.2) is 83.3 Å². The van der Waals surface area contributed by atoms with Gasteiger partial charge in [-0.3, -0.25) is 24.0 Å². The van der Waals surface area contributed by atoms with Crippen LogP contribution < -0.4 is 38.9 Å². The summed E-state index contributed by atoms with van der Waals surface area (Å²) in [5.74, 6) is -5.43. The van der Waals surface area contributed by atoms with Crippen molar-refractivity contribution in [2.45, 2.75) is 62.7 Å². The summed E-state index contributed by atoms with van der Waals surface area (Å²) >= 11 is 1.37. The summed E-state index contributed by atoms with van der Waals surface area (Å²) in [6.07, 6.45) is 2.10. The Morgan fingerprint density at radius 1 is 0.794 bits per heavy atom. The normalized spacial score (nSPS) is 14.2. The van der Waals surface area contributed by atoms with Gasteiger partial charge in [0.05, 0.1) is 18.9 Å². The number of thioether (sulfide) groups is 1. The first-order chi connectivity index (χ1) is 15.9. The van der Waals surface area contributed by atoms with E-state index in [1.165, 1.54) is 11.8 Å². The topological polar surface area (TPSA) is 263 Å². The van der Waals surface area contributed by atoms with Gasteiger partial charge >= 0.3 is 5.97 Å². The van der Waals surface area contributed by atoms with Gasteiger partial charge in [-0.15, -0.1) is 0 Å². The fraction of sp³-hybridized carbons (Fsp3) is 0.684. The molecular formula is C19H35N7O7S. The van der Waals surface area contributed by atoms with Gasteiger partial charge in [-0.1, -0.05) is 6.42 Å². The summed E-state index contributed by atoms with van der Waals surface area (Å²) in [5, 5.41) is 16.1. The van der Waals surface area contributed by atoms with E-state index in [4.69, 9.17) is 22.9 Å². The number of amides is 5. The maximum absolute atomic E-state index is 12.7. The molecule has 0 aromatic heterocycles. The summed E-state index contributed by atoms with van der Waals surface area (Å²) in [6.45, 7) is 0.421. The molecule has 34 heavy (non-hydrogen) atoms. The molecule has 0 aliphatic carbocycles. The monoisotopic (exact) mass is 505 g/mol. The van der Waals surface area contributed by atoms with Crippen LogP contribution >= 0.6 is 11.8 Å². The van der Waals surface area contributed by atoms with E-state index in [1.807, 2.05) is 0 Å². The smallest absolute Gasteiger partial charge is 0.326 e. The van der Waals surface area contributed by atoms with Gasteiger partial charge in [0.2, 0.25) is 29.5 Å². The Kier molecular flexibility index (Phi) is 15.2. The van der Waals surface area contributed by atoms with Crippen LogP contribution in [0.4, 0.5) is 0 Å². The lowest BCUT2D eigenvalue weighted by atomic mass is 10.1. The molecule has 0 aromatic carbocycles. The number of aliphatic carboxylic acids is 1. The average molecular weight is 506 g/mol. The lowest BCUT2D eigenvalue weighted by Crippen LogP contribution is -2.58. The van der Waals surface area contributed by atoms with Crippen LogP contribution in [-0.2, 0) is 28.8 Å². The lowest BCUT2D eigenvalue weighted by molar-refractivity contribution is -0.142. The molecule has 15 heteroatoms. The number of primary amides is 2. The van der Waals surface area contributed by atoms with Crippen LogP contribution in [0, 0.1) is 0 Å². The third-order valence-corrected chi connectivity index (χ3v) is 5.25. The molecule has 5 amide bonds. The Labute approximate surface area is 201 Å². The Balaban J connectivity index is 5.43. The standard InChI is InChI=1S/C19H35N7O7S/c1-34-7-5-11(19(32)33)24-17(30)13(9-15(23)28)26-18(31)12(8-14(22)27)25-16(29)10(21)4-2-3-6-20/h10-13H,2-9,20-21H2,1H3,(H2,22,27)(H2,23,28)(H,24,30)(H,25,29)(H,26,31)(H,32,33). The number of rotatable bonds is 18. The van der Waals surface area contributed by atoms with Crippen molar-refractivity contribution in [1.82, 2.24) is 16.0 Å². The summed E-state index contributed by atoms with van der Waals surface area (Å²) in [6, 6.07) is -5.28. The highest BCUT2D eigenvalue weighted by Crippen LogP contribution is 2.04. The lowest BCUT2D eigenvalue weighted by Gasteiger charge is -2.24. The highest BCUT2D eigenvalue weighted by atomic mass is 32.2.